The molecule has 0 atom stereocenters. The maximum absolute atomic E-state index is 2.37. The Hall–Kier alpha value is -3.58. The lowest BCUT2D eigenvalue weighted by Gasteiger charge is -2.15. The first kappa shape index (κ1) is 16.4. The average molecular weight is 371 g/mol. The number of hydrogen-bond donors (Lipinski definition) is 0. The molecule has 0 unspecified atom stereocenters. The van der Waals surface area contributed by atoms with Crippen LogP contribution in [-0.2, 0) is 6.42 Å². The molecule has 1 heteroatoms. The van der Waals surface area contributed by atoms with Crippen molar-refractivity contribution >= 4 is 27.8 Å². The third-order valence-electron chi connectivity index (χ3n) is 6.07. The number of hydrogen-bond acceptors (Lipinski definition) is 0. The lowest BCUT2D eigenvalue weighted by atomic mass is 9.92. The maximum Gasteiger partial charge on any atom is 0.0528 e. The Morgan fingerprint density at radius 3 is 2.45 bits per heavy atom. The van der Waals surface area contributed by atoms with E-state index in [4.69, 9.17) is 0 Å². The molecule has 6 rings (SSSR count). The van der Waals surface area contributed by atoms with Crippen LogP contribution in [0.3, 0.4) is 0 Å². The highest BCUT2D eigenvalue weighted by Gasteiger charge is 2.18. The van der Waals surface area contributed by atoms with Crippen LogP contribution in [0.25, 0.3) is 44.6 Å². The SMILES string of the molecule is CC1=Cc2c(cc(-n3ccc4ccccc43)cc2-c2cccc3ccccc23)C1. The molecule has 1 nitrogen and oxygen atoms in total. The van der Waals surface area contributed by atoms with Gasteiger partial charge in [0.05, 0.1) is 5.52 Å². The zero-order valence-corrected chi connectivity index (χ0v) is 16.4. The van der Waals surface area contributed by atoms with E-state index < -0.39 is 0 Å². The van der Waals surface area contributed by atoms with Gasteiger partial charge in [-0.25, -0.2) is 0 Å². The van der Waals surface area contributed by atoms with E-state index in [9.17, 15) is 0 Å². The van der Waals surface area contributed by atoms with E-state index in [-0.39, 0.29) is 0 Å². The fraction of sp³-hybridized carbons (Fsp3) is 0.0714. The van der Waals surface area contributed by atoms with Gasteiger partial charge in [-0.3, -0.25) is 0 Å². The highest BCUT2D eigenvalue weighted by Crippen LogP contribution is 2.39. The van der Waals surface area contributed by atoms with Crippen molar-refractivity contribution in [2.45, 2.75) is 13.3 Å². The second-order valence-electron chi connectivity index (χ2n) is 8.00. The normalized spacial score (nSPS) is 13.1. The number of aromatic nitrogens is 1. The molecule has 4 aromatic carbocycles. The minimum atomic E-state index is 1.03. The molecule has 1 aromatic heterocycles. The predicted octanol–water partition coefficient (Wildman–Crippen LogP) is 7.41. The zero-order chi connectivity index (χ0) is 19.4. The van der Waals surface area contributed by atoms with E-state index in [1.807, 2.05) is 0 Å². The van der Waals surface area contributed by atoms with Crippen LogP contribution in [0.5, 0.6) is 0 Å². The summed E-state index contributed by atoms with van der Waals surface area (Å²) in [6.07, 6.45) is 5.58. The van der Waals surface area contributed by atoms with Crippen molar-refractivity contribution in [2.75, 3.05) is 0 Å². The number of benzene rings is 4. The predicted molar refractivity (Wildman–Crippen MR) is 124 cm³/mol. The Morgan fingerprint density at radius 1 is 0.724 bits per heavy atom. The van der Waals surface area contributed by atoms with Crippen LogP contribution in [-0.4, -0.2) is 4.57 Å². The molecule has 0 saturated carbocycles. The van der Waals surface area contributed by atoms with Crippen molar-refractivity contribution < 1.29 is 0 Å². The second-order valence-corrected chi connectivity index (χ2v) is 8.00. The van der Waals surface area contributed by atoms with E-state index in [1.54, 1.807) is 0 Å². The minimum absolute atomic E-state index is 1.03. The standard InChI is InChI=1S/C28H21N/c1-19-15-22-17-23(29-14-13-21-8-3-5-12-28(21)29)18-27(26(22)16-19)25-11-6-9-20-7-2-4-10-24(20)25/h2-14,16-18H,15H2,1H3. The van der Waals surface area contributed by atoms with Gasteiger partial charge in [0.2, 0.25) is 0 Å². The van der Waals surface area contributed by atoms with Crippen molar-refractivity contribution in [1.29, 1.82) is 0 Å². The van der Waals surface area contributed by atoms with Crippen LogP contribution in [0, 0.1) is 0 Å². The molecule has 1 heterocycles. The Kier molecular flexibility index (Phi) is 3.51. The summed E-state index contributed by atoms with van der Waals surface area (Å²) >= 11 is 0. The quantitative estimate of drug-likeness (QED) is 0.304. The van der Waals surface area contributed by atoms with Gasteiger partial charge in [0.1, 0.15) is 0 Å². The first-order valence-corrected chi connectivity index (χ1v) is 10.2. The van der Waals surface area contributed by atoms with Crippen molar-refractivity contribution in [2.24, 2.45) is 0 Å². The largest absolute Gasteiger partial charge is 0.317 e. The number of allylic oxidation sites excluding steroid dienone is 1. The molecule has 5 aromatic rings. The molecule has 138 valence electrons. The van der Waals surface area contributed by atoms with Crippen LogP contribution in [0.2, 0.25) is 0 Å². The second kappa shape index (κ2) is 6.22. The first-order chi connectivity index (χ1) is 14.3. The molecule has 0 saturated heterocycles. The summed E-state index contributed by atoms with van der Waals surface area (Å²) in [7, 11) is 0. The van der Waals surface area contributed by atoms with Crippen LogP contribution in [0.1, 0.15) is 18.1 Å². The zero-order valence-electron chi connectivity index (χ0n) is 16.4. The van der Waals surface area contributed by atoms with Gasteiger partial charge in [0.15, 0.2) is 0 Å². The third-order valence-corrected chi connectivity index (χ3v) is 6.07. The lowest BCUT2D eigenvalue weighted by molar-refractivity contribution is 1.11. The van der Waals surface area contributed by atoms with E-state index in [2.05, 4.69) is 109 Å². The Morgan fingerprint density at radius 2 is 1.52 bits per heavy atom. The van der Waals surface area contributed by atoms with Crippen molar-refractivity contribution in [3.8, 4) is 16.8 Å². The van der Waals surface area contributed by atoms with Crippen molar-refractivity contribution in [3.05, 3.63) is 108 Å². The summed E-state index contributed by atoms with van der Waals surface area (Å²) in [5.41, 5.74) is 9.33. The Balaban J connectivity index is 1.66. The number of nitrogens with zero attached hydrogens (tertiary/aromatic N) is 1. The van der Waals surface area contributed by atoms with Gasteiger partial charge in [0.25, 0.3) is 0 Å². The average Bonchev–Trinajstić information content (AvgIpc) is 3.35. The smallest absolute Gasteiger partial charge is 0.0528 e. The first-order valence-electron chi connectivity index (χ1n) is 10.2. The highest BCUT2D eigenvalue weighted by molar-refractivity contribution is 6.00. The molecule has 0 fully saturated rings. The molecule has 29 heavy (non-hydrogen) atoms. The molecular weight excluding hydrogens is 350 g/mol. The summed E-state index contributed by atoms with van der Waals surface area (Å²) in [6, 6.07) is 30.8. The molecule has 0 radical (unpaired) electrons. The Labute approximate surface area is 170 Å². The van der Waals surface area contributed by atoms with Gasteiger partial charge in [0, 0.05) is 11.9 Å². The van der Waals surface area contributed by atoms with Crippen LogP contribution >= 0.6 is 0 Å². The molecule has 0 bridgehead atoms. The molecule has 0 aliphatic heterocycles. The summed E-state index contributed by atoms with van der Waals surface area (Å²) in [6.45, 7) is 2.23. The molecular formula is C28H21N. The summed E-state index contributed by atoms with van der Waals surface area (Å²) in [4.78, 5) is 0. The minimum Gasteiger partial charge on any atom is -0.317 e. The maximum atomic E-state index is 2.37. The molecule has 1 aliphatic rings. The molecule has 1 aliphatic carbocycles. The van der Waals surface area contributed by atoms with Gasteiger partial charge in [-0.2, -0.15) is 0 Å². The molecule has 0 N–H and O–H groups in total. The fourth-order valence-corrected chi connectivity index (χ4v) is 4.74. The summed E-state index contributed by atoms with van der Waals surface area (Å²) < 4.78 is 2.32. The van der Waals surface area contributed by atoms with E-state index in [0.29, 0.717) is 0 Å². The van der Waals surface area contributed by atoms with E-state index in [1.165, 1.54) is 55.2 Å². The number of para-hydroxylation sites is 1. The van der Waals surface area contributed by atoms with Gasteiger partial charge >= 0.3 is 0 Å². The van der Waals surface area contributed by atoms with Gasteiger partial charge < -0.3 is 4.57 Å². The van der Waals surface area contributed by atoms with Gasteiger partial charge in [-0.15, -0.1) is 0 Å². The van der Waals surface area contributed by atoms with Crippen molar-refractivity contribution in [3.63, 3.8) is 0 Å². The van der Waals surface area contributed by atoms with Crippen LogP contribution in [0.4, 0.5) is 0 Å². The number of fused-ring (bicyclic) bond motifs is 3. The van der Waals surface area contributed by atoms with Gasteiger partial charge in [-0.1, -0.05) is 72.3 Å². The third kappa shape index (κ3) is 2.55. The Bertz CT molecular complexity index is 1430. The van der Waals surface area contributed by atoms with Gasteiger partial charge in [-0.05, 0) is 76.0 Å². The molecule has 0 spiro atoms. The summed E-state index contributed by atoms with van der Waals surface area (Å²) in [5, 5.41) is 3.87. The number of rotatable bonds is 2. The monoisotopic (exact) mass is 371 g/mol. The van der Waals surface area contributed by atoms with Crippen LogP contribution in [0.15, 0.2) is 96.7 Å². The fourth-order valence-electron chi connectivity index (χ4n) is 4.74. The molecule has 0 amide bonds. The van der Waals surface area contributed by atoms with Crippen molar-refractivity contribution in [1.82, 2.24) is 4.57 Å². The lowest BCUT2D eigenvalue weighted by Crippen LogP contribution is -1.97. The summed E-state index contributed by atoms with van der Waals surface area (Å²) in [5.74, 6) is 0. The van der Waals surface area contributed by atoms with E-state index in [0.717, 1.165) is 6.42 Å². The van der Waals surface area contributed by atoms with E-state index >= 15 is 0 Å². The van der Waals surface area contributed by atoms with Crippen LogP contribution < -0.4 is 0 Å². The topological polar surface area (TPSA) is 4.93 Å². The highest BCUT2D eigenvalue weighted by atomic mass is 15.0.